The molecule has 0 aliphatic rings. The summed E-state index contributed by atoms with van der Waals surface area (Å²) in [6.45, 7) is -0.0441. The third-order valence-electron chi connectivity index (χ3n) is 2.39. The normalized spacial score (nSPS) is 11.8. The number of carboxylic acid groups (broad SMARTS) is 1. The summed E-state index contributed by atoms with van der Waals surface area (Å²) in [5.41, 5.74) is 0.361. The second kappa shape index (κ2) is 6.29. The van der Waals surface area contributed by atoms with Crippen molar-refractivity contribution in [3.05, 3.63) is 48.1 Å². The molecular formula is C12H11N3O5S. The van der Waals surface area contributed by atoms with Crippen molar-refractivity contribution in [3.8, 4) is 0 Å². The van der Waals surface area contributed by atoms with E-state index in [4.69, 9.17) is 9.63 Å². The molecule has 0 bridgehead atoms. The maximum absolute atomic E-state index is 12.1. The van der Waals surface area contributed by atoms with Crippen LogP contribution in [-0.4, -0.2) is 29.6 Å². The number of pyridine rings is 1. The summed E-state index contributed by atoms with van der Waals surface area (Å²) in [6, 6.07) is 2.85. The Bertz CT molecular complexity index is 753. The molecule has 110 valence electrons. The predicted octanol–water partition coefficient (Wildman–Crippen LogP) is 0.646. The van der Waals surface area contributed by atoms with E-state index in [-0.39, 0.29) is 11.4 Å². The van der Waals surface area contributed by atoms with Crippen LogP contribution in [-0.2, 0) is 21.4 Å². The fourth-order valence-corrected chi connectivity index (χ4v) is 2.41. The van der Waals surface area contributed by atoms with E-state index < -0.39 is 16.0 Å². The van der Waals surface area contributed by atoms with Crippen LogP contribution in [0.25, 0.3) is 6.08 Å². The van der Waals surface area contributed by atoms with Gasteiger partial charge in [0, 0.05) is 24.5 Å². The molecule has 0 aliphatic carbocycles. The van der Waals surface area contributed by atoms with Gasteiger partial charge in [0.25, 0.3) is 0 Å². The monoisotopic (exact) mass is 309 g/mol. The summed E-state index contributed by atoms with van der Waals surface area (Å²) in [6.07, 6.45) is 6.08. The maximum atomic E-state index is 12.1. The Labute approximate surface area is 120 Å². The molecule has 8 nitrogen and oxygen atoms in total. The summed E-state index contributed by atoms with van der Waals surface area (Å²) >= 11 is 0. The molecular weight excluding hydrogens is 298 g/mol. The highest BCUT2D eigenvalue weighted by atomic mass is 32.2. The number of carboxylic acids is 1. The molecule has 0 aromatic carbocycles. The van der Waals surface area contributed by atoms with Crippen LogP contribution in [0.15, 0.2) is 46.2 Å². The minimum absolute atomic E-state index is 0.0441. The van der Waals surface area contributed by atoms with Crippen molar-refractivity contribution in [2.45, 2.75) is 11.4 Å². The third kappa shape index (κ3) is 4.23. The zero-order valence-electron chi connectivity index (χ0n) is 10.6. The predicted molar refractivity (Wildman–Crippen MR) is 71.4 cm³/mol. The number of rotatable bonds is 6. The lowest BCUT2D eigenvalue weighted by atomic mass is 10.2. The van der Waals surface area contributed by atoms with Crippen molar-refractivity contribution in [2.75, 3.05) is 0 Å². The SMILES string of the molecule is O=C(O)/C=C/c1cncc(S(=O)(=O)NCc2ccno2)c1. The van der Waals surface area contributed by atoms with Crippen molar-refractivity contribution >= 4 is 22.1 Å². The highest BCUT2D eigenvalue weighted by Gasteiger charge is 2.15. The van der Waals surface area contributed by atoms with E-state index in [1.54, 1.807) is 0 Å². The molecule has 2 N–H and O–H groups in total. The summed E-state index contributed by atoms with van der Waals surface area (Å²) in [5, 5.41) is 12.0. The van der Waals surface area contributed by atoms with Crippen molar-refractivity contribution in [3.63, 3.8) is 0 Å². The number of hydrogen-bond acceptors (Lipinski definition) is 6. The third-order valence-corrected chi connectivity index (χ3v) is 3.76. The highest BCUT2D eigenvalue weighted by Crippen LogP contribution is 2.11. The van der Waals surface area contributed by atoms with Crippen LogP contribution >= 0.6 is 0 Å². The molecule has 0 fully saturated rings. The van der Waals surface area contributed by atoms with Gasteiger partial charge >= 0.3 is 5.97 Å². The number of aromatic nitrogens is 2. The fourth-order valence-electron chi connectivity index (χ4n) is 1.42. The summed E-state index contributed by atoms with van der Waals surface area (Å²) < 4.78 is 31.2. The lowest BCUT2D eigenvalue weighted by Crippen LogP contribution is -2.23. The Morgan fingerprint density at radius 1 is 1.43 bits per heavy atom. The maximum Gasteiger partial charge on any atom is 0.328 e. The van der Waals surface area contributed by atoms with Crippen LogP contribution in [0.1, 0.15) is 11.3 Å². The summed E-state index contributed by atoms with van der Waals surface area (Å²) in [5.74, 6) is -0.764. The first-order valence-electron chi connectivity index (χ1n) is 5.73. The summed E-state index contributed by atoms with van der Waals surface area (Å²) in [7, 11) is -3.78. The molecule has 0 radical (unpaired) electrons. The molecule has 2 heterocycles. The Morgan fingerprint density at radius 3 is 2.90 bits per heavy atom. The van der Waals surface area contributed by atoms with Gasteiger partial charge in [0.15, 0.2) is 5.76 Å². The molecule has 0 amide bonds. The zero-order valence-corrected chi connectivity index (χ0v) is 11.4. The molecule has 0 saturated carbocycles. The molecule has 2 rings (SSSR count). The van der Waals surface area contributed by atoms with Gasteiger partial charge in [-0.2, -0.15) is 0 Å². The minimum atomic E-state index is -3.78. The average Bonchev–Trinajstić information content (AvgIpc) is 2.97. The first-order valence-corrected chi connectivity index (χ1v) is 7.21. The van der Waals surface area contributed by atoms with Crippen molar-refractivity contribution in [2.24, 2.45) is 0 Å². The number of carbonyl (C=O) groups is 1. The van der Waals surface area contributed by atoms with Crippen LogP contribution in [0.4, 0.5) is 0 Å². The van der Waals surface area contributed by atoms with Gasteiger partial charge in [0.2, 0.25) is 10.0 Å². The molecule has 0 atom stereocenters. The fraction of sp³-hybridized carbons (Fsp3) is 0.0833. The van der Waals surface area contributed by atoms with Crippen LogP contribution in [0.3, 0.4) is 0 Å². The number of hydrogen-bond donors (Lipinski definition) is 2. The van der Waals surface area contributed by atoms with Gasteiger partial charge in [-0.3, -0.25) is 4.98 Å². The number of nitrogens with zero attached hydrogens (tertiary/aromatic N) is 2. The number of nitrogens with one attached hydrogen (secondary N) is 1. The molecule has 2 aromatic heterocycles. The van der Waals surface area contributed by atoms with E-state index in [2.05, 4.69) is 14.9 Å². The zero-order chi connectivity index (χ0) is 15.3. The van der Waals surface area contributed by atoms with Crippen LogP contribution < -0.4 is 4.72 Å². The first-order chi connectivity index (χ1) is 9.97. The second-order valence-electron chi connectivity index (χ2n) is 3.93. The van der Waals surface area contributed by atoms with Crippen molar-refractivity contribution < 1.29 is 22.8 Å². The Hall–Kier alpha value is -2.52. The molecule has 9 heteroatoms. The highest BCUT2D eigenvalue weighted by molar-refractivity contribution is 7.89. The van der Waals surface area contributed by atoms with Gasteiger partial charge in [-0.05, 0) is 17.7 Å². The van der Waals surface area contributed by atoms with Gasteiger partial charge in [0.1, 0.15) is 4.90 Å². The largest absolute Gasteiger partial charge is 0.478 e. The van der Waals surface area contributed by atoms with Gasteiger partial charge in [-0.1, -0.05) is 5.16 Å². The topological polar surface area (TPSA) is 122 Å². The number of aliphatic carboxylic acids is 1. The van der Waals surface area contributed by atoms with Crippen molar-refractivity contribution in [1.82, 2.24) is 14.9 Å². The van der Waals surface area contributed by atoms with Gasteiger partial charge in [-0.15, -0.1) is 0 Å². The summed E-state index contributed by atoms with van der Waals surface area (Å²) in [4.78, 5) is 14.1. The molecule has 0 unspecified atom stereocenters. The van der Waals surface area contributed by atoms with E-state index in [1.165, 1.54) is 36.8 Å². The van der Waals surface area contributed by atoms with E-state index in [0.29, 0.717) is 11.3 Å². The van der Waals surface area contributed by atoms with Gasteiger partial charge in [0.05, 0.1) is 12.7 Å². The second-order valence-corrected chi connectivity index (χ2v) is 5.70. The van der Waals surface area contributed by atoms with Gasteiger partial charge < -0.3 is 9.63 Å². The van der Waals surface area contributed by atoms with E-state index in [0.717, 1.165) is 6.08 Å². The van der Waals surface area contributed by atoms with E-state index >= 15 is 0 Å². The lowest BCUT2D eigenvalue weighted by molar-refractivity contribution is -0.131. The van der Waals surface area contributed by atoms with E-state index in [9.17, 15) is 13.2 Å². The average molecular weight is 309 g/mol. The Kier molecular flexibility index (Phi) is 4.45. The molecule has 0 saturated heterocycles. The first kappa shape index (κ1) is 14.9. The molecule has 21 heavy (non-hydrogen) atoms. The van der Waals surface area contributed by atoms with Crippen molar-refractivity contribution in [1.29, 1.82) is 0 Å². The minimum Gasteiger partial charge on any atom is -0.478 e. The smallest absolute Gasteiger partial charge is 0.328 e. The van der Waals surface area contributed by atoms with Crippen LogP contribution in [0, 0.1) is 0 Å². The van der Waals surface area contributed by atoms with E-state index in [1.807, 2.05) is 0 Å². The Balaban J connectivity index is 2.16. The molecule has 2 aromatic rings. The standard InChI is InChI=1S/C12H11N3O5S/c16-12(17)2-1-9-5-11(8-13-6-9)21(18,19)15-7-10-3-4-14-20-10/h1-6,8,15H,7H2,(H,16,17)/b2-1+. The molecule has 0 aliphatic heterocycles. The Morgan fingerprint density at radius 2 is 2.24 bits per heavy atom. The number of sulfonamides is 1. The quantitative estimate of drug-likeness (QED) is 0.751. The van der Waals surface area contributed by atoms with Gasteiger partial charge in [-0.25, -0.2) is 17.9 Å². The van der Waals surface area contributed by atoms with Crippen LogP contribution in [0.2, 0.25) is 0 Å². The lowest BCUT2D eigenvalue weighted by Gasteiger charge is -2.05. The van der Waals surface area contributed by atoms with Crippen LogP contribution in [0.5, 0.6) is 0 Å². The molecule has 0 spiro atoms.